The topological polar surface area (TPSA) is 517 Å². The first-order chi connectivity index (χ1) is 35.8. The van der Waals surface area contributed by atoms with Gasteiger partial charge in [0.1, 0.15) is 78.6 Å². The Morgan fingerprint density at radius 3 is 1.92 bits per heavy atom. The Morgan fingerprint density at radius 2 is 1.28 bits per heavy atom. The minimum atomic E-state index is -6.16. The van der Waals surface area contributed by atoms with Crippen LogP contribution in [0.5, 0.6) is 0 Å². The van der Waals surface area contributed by atoms with E-state index in [2.05, 4.69) is 53.8 Å². The fourth-order valence-electron chi connectivity index (χ4n) is 8.66. The van der Waals surface area contributed by atoms with Gasteiger partial charge in [0.25, 0.3) is 11.5 Å². The lowest BCUT2D eigenvalue weighted by Gasteiger charge is -2.26. The van der Waals surface area contributed by atoms with Gasteiger partial charge < -0.3 is 75.4 Å². The van der Waals surface area contributed by atoms with Crippen molar-refractivity contribution in [2.75, 3.05) is 57.9 Å². The van der Waals surface area contributed by atoms with Crippen LogP contribution in [-0.4, -0.2) is 184 Å². The summed E-state index contributed by atoms with van der Waals surface area (Å²) in [5, 5.41) is 35.7. The first-order valence-corrected chi connectivity index (χ1v) is 27.8. The summed E-state index contributed by atoms with van der Waals surface area (Å²) < 4.78 is 116. The molecule has 3 saturated heterocycles. The van der Waals surface area contributed by atoms with Crippen LogP contribution >= 0.6 is 31.3 Å². The molecule has 13 N–H and O–H groups in total. The number of ether oxygens (including phenoxy) is 5. The van der Waals surface area contributed by atoms with Crippen molar-refractivity contribution < 1.29 is 108 Å². The fourth-order valence-corrected chi connectivity index (χ4v) is 13.1. The maximum absolute atomic E-state index is 13.7. The molecule has 76 heavy (non-hydrogen) atoms. The van der Waals surface area contributed by atoms with Gasteiger partial charge in [-0.15, -0.1) is 0 Å². The zero-order valence-electron chi connectivity index (χ0n) is 39.5. The Morgan fingerprint density at radius 1 is 0.711 bits per heavy atom. The Hall–Kier alpha value is -4.95. The molecule has 3 aliphatic rings. The number of H-pyrrole nitrogens is 1. The van der Waals surface area contributed by atoms with E-state index in [0.717, 1.165) is 20.5 Å². The van der Waals surface area contributed by atoms with Gasteiger partial charge in [-0.3, -0.25) is 41.6 Å². The van der Waals surface area contributed by atoms with Gasteiger partial charge in [-0.2, -0.15) is 8.62 Å². The standard InChI is InChI=1S/C34H47N15O23P4/c1-37-26-17-28(41-9-39-26)48(11-43-17)33-24(63-4)23(70-73(54,55)64-5-13-19(50)20(51)31(67-13)47-10-42-16-25(35)38-8-40-27(16)47)15(69-33)7-66-75(58,59)72-76(60,61)71-74(56,57)65-6-14-22(62-3)21(52)32(68-14)49-12-46(2)18-29(49)44-34(36)45-30(18)53/h8-15,19-24,31-33,50-52H,5-7H2,1-4H3,(H9-,35,36,37,38,39,40,41,44,45,53,54,55,56,57,58,59,60,61)/p+1/t13-,14-,15-,19+,20?,21?,22+,23+,24?,31-,32-,33-/m1/s1. The van der Waals surface area contributed by atoms with Crippen molar-refractivity contribution in [3.63, 3.8) is 0 Å². The van der Waals surface area contributed by atoms with Gasteiger partial charge in [0.15, 0.2) is 41.7 Å². The number of nitrogens with two attached hydrogens (primary N) is 2. The minimum absolute atomic E-state index is 0.0102. The van der Waals surface area contributed by atoms with Crippen LogP contribution < -0.4 is 26.9 Å². The van der Waals surface area contributed by atoms with E-state index in [1.807, 2.05) is 0 Å². The van der Waals surface area contributed by atoms with Crippen LogP contribution in [-0.2, 0) is 75.7 Å². The number of aryl methyl sites for hydroxylation is 1. The molecule has 38 nitrogen and oxygen atoms in total. The average molecular weight is 1160 g/mol. The Labute approximate surface area is 423 Å². The van der Waals surface area contributed by atoms with E-state index in [1.165, 1.54) is 50.6 Å². The van der Waals surface area contributed by atoms with Gasteiger partial charge in [0.05, 0.1) is 39.5 Å². The van der Waals surface area contributed by atoms with Crippen molar-refractivity contribution in [3.8, 4) is 0 Å². The third kappa shape index (κ3) is 11.1. The summed E-state index contributed by atoms with van der Waals surface area (Å²) in [6, 6.07) is 0. The van der Waals surface area contributed by atoms with Crippen molar-refractivity contribution in [2.45, 2.75) is 73.6 Å². The highest BCUT2D eigenvalue weighted by molar-refractivity contribution is 7.66. The lowest BCUT2D eigenvalue weighted by Crippen LogP contribution is -2.46. The third-order valence-corrected chi connectivity index (χ3v) is 17.2. The number of methoxy groups -OCH3 is 2. The van der Waals surface area contributed by atoms with Gasteiger partial charge in [0, 0.05) is 21.3 Å². The number of aromatic amines is 1. The SMILES string of the molecule is CNc1ncnc2c1ncn2[C@@H]1O[C@H](COP(=O)(O)OP(=O)(O)OP(=O)(O)OC[C@H]2O[C@@H]([n+]3cn(C)c4c(=O)[nH]c(N)nc43)C(O)[C@H]2OC)[C@H](OP(=O)(O)OC[C@H]2O[C@@H](n3cnc4c(N)ncnc43)C(O)[C@H]2O)C1OC. The van der Waals surface area contributed by atoms with Crippen LogP contribution in [0.3, 0.4) is 0 Å². The number of nitrogens with one attached hydrogen (secondary N) is 2. The first-order valence-electron chi connectivity index (χ1n) is 21.8. The van der Waals surface area contributed by atoms with Crippen LogP contribution in [0.25, 0.3) is 33.5 Å². The number of anilines is 3. The predicted octanol–water partition coefficient (Wildman–Crippen LogP) is -2.89. The molecule has 3 aliphatic heterocycles. The van der Waals surface area contributed by atoms with Crippen molar-refractivity contribution in [1.82, 2.24) is 53.6 Å². The number of aromatic nitrogens is 12. The Bertz CT molecular complexity index is 3390. The molecule has 7 unspecified atom stereocenters. The van der Waals surface area contributed by atoms with E-state index in [4.69, 9.17) is 53.2 Å². The molecule has 416 valence electrons. The lowest BCUT2D eigenvalue weighted by atomic mass is 10.1. The number of aliphatic hydroxyl groups excluding tert-OH is 3. The average Bonchev–Trinajstić information content (AvgIpc) is 4.21. The highest BCUT2D eigenvalue weighted by atomic mass is 31.3. The molecule has 6 aromatic rings. The third-order valence-electron chi connectivity index (χ3n) is 11.9. The summed E-state index contributed by atoms with van der Waals surface area (Å²) in [5.74, 6) is 0.00822. The molecule has 0 radical (unpaired) electrons. The maximum Gasteiger partial charge on any atom is 0.490 e. The van der Waals surface area contributed by atoms with E-state index in [9.17, 15) is 57.9 Å². The smallest absolute Gasteiger partial charge is 0.387 e. The summed E-state index contributed by atoms with van der Waals surface area (Å²) in [7, 11) is -17.9. The number of nitrogen functional groups attached to an aromatic ring is 2. The van der Waals surface area contributed by atoms with Gasteiger partial charge in [-0.05, 0) is 0 Å². The summed E-state index contributed by atoms with van der Waals surface area (Å²) in [6.07, 6.45) is -12.4. The summed E-state index contributed by atoms with van der Waals surface area (Å²) in [5.41, 5.74) is 11.5. The zero-order valence-corrected chi connectivity index (χ0v) is 43.0. The number of hydrogen-bond acceptors (Lipinski definition) is 29. The van der Waals surface area contributed by atoms with Gasteiger partial charge >= 0.3 is 36.9 Å². The van der Waals surface area contributed by atoms with Gasteiger partial charge in [0.2, 0.25) is 11.7 Å². The van der Waals surface area contributed by atoms with Crippen molar-refractivity contribution in [1.29, 1.82) is 0 Å². The number of rotatable bonds is 21. The van der Waals surface area contributed by atoms with Crippen LogP contribution in [0.15, 0.2) is 36.4 Å². The number of imidazole rings is 3. The van der Waals surface area contributed by atoms with E-state index >= 15 is 0 Å². The fraction of sp³-hybridized carbons (Fsp3) is 0.559. The van der Waals surface area contributed by atoms with Crippen LogP contribution in [0, 0.1) is 0 Å². The number of aliphatic hydroxyl groups is 3. The molecule has 3 fully saturated rings. The maximum atomic E-state index is 13.7. The number of phosphoric acid groups is 4. The van der Waals surface area contributed by atoms with E-state index in [0.29, 0.717) is 0 Å². The molecule has 9 heterocycles. The molecule has 16 atom stereocenters. The van der Waals surface area contributed by atoms with Crippen LogP contribution in [0.1, 0.15) is 18.7 Å². The quantitative estimate of drug-likeness (QED) is 0.0254. The van der Waals surface area contributed by atoms with E-state index in [1.54, 1.807) is 7.05 Å². The molecule has 0 bridgehead atoms. The van der Waals surface area contributed by atoms with Gasteiger partial charge in [-0.25, -0.2) is 52.7 Å². The van der Waals surface area contributed by atoms with Gasteiger partial charge in [-0.1, -0.05) is 4.98 Å². The van der Waals surface area contributed by atoms with Crippen molar-refractivity contribution in [2.24, 2.45) is 7.05 Å². The van der Waals surface area contributed by atoms with Crippen LogP contribution in [0.2, 0.25) is 0 Å². The summed E-state index contributed by atoms with van der Waals surface area (Å²) in [4.78, 5) is 86.3. The lowest BCUT2D eigenvalue weighted by molar-refractivity contribution is -0.745. The largest absolute Gasteiger partial charge is 0.490 e. The molecule has 0 amide bonds. The Kier molecular flexibility index (Phi) is 15.7. The molecule has 0 saturated carbocycles. The Balaban J connectivity index is 0.870. The number of phosphoric ester groups is 3. The highest BCUT2D eigenvalue weighted by Gasteiger charge is 2.54. The molecule has 0 aromatic carbocycles. The van der Waals surface area contributed by atoms with E-state index < -0.39 is 130 Å². The summed E-state index contributed by atoms with van der Waals surface area (Å²) >= 11 is 0. The van der Waals surface area contributed by atoms with E-state index in [-0.39, 0.29) is 51.1 Å². The number of hydrogen-bond donors (Lipinski definition) is 11. The van der Waals surface area contributed by atoms with Crippen molar-refractivity contribution >= 4 is 82.4 Å². The number of fused-ring (bicyclic) bond motifs is 3. The summed E-state index contributed by atoms with van der Waals surface area (Å²) in [6.45, 7) is -3.13. The molecule has 42 heteroatoms. The second-order valence-electron chi connectivity index (χ2n) is 16.7. The molecule has 0 spiro atoms. The van der Waals surface area contributed by atoms with Crippen molar-refractivity contribution in [3.05, 3.63) is 42.0 Å². The zero-order chi connectivity index (χ0) is 54.8. The molecule has 6 aromatic heterocycles. The highest BCUT2D eigenvalue weighted by Crippen LogP contribution is 2.68. The predicted molar refractivity (Wildman–Crippen MR) is 246 cm³/mol. The second-order valence-corrected chi connectivity index (χ2v) is 22.7. The minimum Gasteiger partial charge on any atom is -0.387 e. The monoisotopic (exact) mass is 1160 g/mol. The second kappa shape index (κ2) is 21.4. The molecule has 0 aliphatic carbocycles. The molecular weight excluding hydrogens is 1110 g/mol. The normalized spacial score (nSPS) is 30.2. The first kappa shape index (κ1) is 55.8. The molecular formula is C34H48N15O23P4+. The molecule has 9 rings (SSSR count). The van der Waals surface area contributed by atoms with Crippen LogP contribution in [0.4, 0.5) is 17.6 Å². The number of nitrogens with zero attached hydrogens (tertiary/aromatic N) is 11.